The van der Waals surface area contributed by atoms with Crippen molar-refractivity contribution in [3.8, 4) is 22.5 Å². The molecule has 0 spiro atoms. The highest BCUT2D eigenvalue weighted by molar-refractivity contribution is 5.69. The standard InChI is InChI=1S/C18H17NO2/c1-12-3-5-14(6-4-12)15-7-9-16(10-8-15)18-17(11-20)13(2)19-21-18/h3-10,20H,11H2,1-2H3. The largest absolute Gasteiger partial charge is 0.391 e. The molecule has 3 heteroatoms. The number of hydrogen-bond donors (Lipinski definition) is 1. The minimum Gasteiger partial charge on any atom is -0.391 e. The van der Waals surface area contributed by atoms with Crippen LogP contribution in [0.1, 0.15) is 16.8 Å². The van der Waals surface area contributed by atoms with E-state index in [1.54, 1.807) is 0 Å². The van der Waals surface area contributed by atoms with Crippen molar-refractivity contribution in [3.63, 3.8) is 0 Å². The molecule has 0 atom stereocenters. The smallest absolute Gasteiger partial charge is 0.172 e. The second kappa shape index (κ2) is 5.54. The molecule has 1 aromatic heterocycles. The van der Waals surface area contributed by atoms with Gasteiger partial charge < -0.3 is 9.63 Å². The van der Waals surface area contributed by atoms with Gasteiger partial charge in [-0.3, -0.25) is 0 Å². The van der Waals surface area contributed by atoms with Crippen LogP contribution >= 0.6 is 0 Å². The highest BCUT2D eigenvalue weighted by atomic mass is 16.5. The topological polar surface area (TPSA) is 46.3 Å². The van der Waals surface area contributed by atoms with Crippen LogP contribution in [0.5, 0.6) is 0 Å². The summed E-state index contributed by atoms with van der Waals surface area (Å²) in [6.07, 6.45) is 0. The van der Waals surface area contributed by atoms with E-state index in [-0.39, 0.29) is 6.61 Å². The highest BCUT2D eigenvalue weighted by Crippen LogP contribution is 2.28. The number of nitrogens with zero attached hydrogens (tertiary/aromatic N) is 1. The lowest BCUT2D eigenvalue weighted by Crippen LogP contribution is -1.87. The molecule has 106 valence electrons. The lowest BCUT2D eigenvalue weighted by atomic mass is 10.0. The fourth-order valence-corrected chi connectivity index (χ4v) is 2.36. The fourth-order valence-electron chi connectivity index (χ4n) is 2.36. The van der Waals surface area contributed by atoms with Crippen LogP contribution in [0.25, 0.3) is 22.5 Å². The van der Waals surface area contributed by atoms with Gasteiger partial charge in [0.05, 0.1) is 12.3 Å². The Bertz CT molecular complexity index is 740. The molecular formula is C18H17NO2. The summed E-state index contributed by atoms with van der Waals surface area (Å²) in [5.74, 6) is 0.644. The van der Waals surface area contributed by atoms with Crippen LogP contribution in [0, 0.1) is 13.8 Å². The Kier molecular flexibility index (Phi) is 3.59. The summed E-state index contributed by atoms with van der Waals surface area (Å²) >= 11 is 0. The maximum absolute atomic E-state index is 9.41. The van der Waals surface area contributed by atoms with Crippen LogP contribution in [0.4, 0.5) is 0 Å². The lowest BCUT2D eigenvalue weighted by Gasteiger charge is -2.04. The number of benzene rings is 2. The van der Waals surface area contributed by atoms with E-state index in [9.17, 15) is 5.11 Å². The average molecular weight is 279 g/mol. The van der Waals surface area contributed by atoms with Crippen LogP contribution < -0.4 is 0 Å². The van der Waals surface area contributed by atoms with Gasteiger partial charge in [-0.05, 0) is 25.0 Å². The molecule has 0 saturated heterocycles. The zero-order chi connectivity index (χ0) is 14.8. The molecular weight excluding hydrogens is 262 g/mol. The van der Waals surface area contributed by atoms with Gasteiger partial charge in [0, 0.05) is 11.1 Å². The zero-order valence-electron chi connectivity index (χ0n) is 12.1. The van der Waals surface area contributed by atoms with E-state index in [4.69, 9.17) is 4.52 Å². The van der Waals surface area contributed by atoms with E-state index < -0.39 is 0 Å². The molecule has 0 amide bonds. The molecule has 0 bridgehead atoms. The minimum absolute atomic E-state index is 0.0651. The third-order valence-corrected chi connectivity index (χ3v) is 3.67. The molecule has 2 aromatic carbocycles. The van der Waals surface area contributed by atoms with Crippen molar-refractivity contribution in [2.24, 2.45) is 0 Å². The van der Waals surface area contributed by atoms with Crippen molar-refractivity contribution in [2.75, 3.05) is 0 Å². The van der Waals surface area contributed by atoms with Crippen molar-refractivity contribution in [2.45, 2.75) is 20.5 Å². The van der Waals surface area contributed by atoms with Gasteiger partial charge in [-0.1, -0.05) is 59.3 Å². The normalized spacial score (nSPS) is 10.8. The number of aryl methyl sites for hydroxylation is 2. The Morgan fingerprint density at radius 1 is 0.857 bits per heavy atom. The van der Waals surface area contributed by atoms with Crippen molar-refractivity contribution >= 4 is 0 Å². The number of aliphatic hydroxyl groups excluding tert-OH is 1. The van der Waals surface area contributed by atoms with Gasteiger partial charge in [-0.15, -0.1) is 0 Å². The molecule has 0 aliphatic rings. The first kappa shape index (κ1) is 13.6. The van der Waals surface area contributed by atoms with Crippen molar-refractivity contribution in [1.29, 1.82) is 0 Å². The third-order valence-electron chi connectivity index (χ3n) is 3.67. The molecule has 1 N–H and O–H groups in total. The predicted molar refractivity (Wildman–Crippen MR) is 82.8 cm³/mol. The molecule has 3 rings (SSSR count). The van der Waals surface area contributed by atoms with E-state index in [2.05, 4.69) is 48.5 Å². The molecule has 0 aliphatic carbocycles. The van der Waals surface area contributed by atoms with Crippen molar-refractivity contribution in [1.82, 2.24) is 5.16 Å². The molecule has 0 fully saturated rings. The maximum atomic E-state index is 9.41. The second-order valence-electron chi connectivity index (χ2n) is 5.18. The van der Waals surface area contributed by atoms with E-state index in [1.165, 1.54) is 11.1 Å². The quantitative estimate of drug-likeness (QED) is 0.784. The molecule has 3 nitrogen and oxygen atoms in total. The molecule has 3 aromatic rings. The summed E-state index contributed by atoms with van der Waals surface area (Å²) in [4.78, 5) is 0. The van der Waals surface area contributed by atoms with E-state index in [0.29, 0.717) is 5.76 Å². The number of aromatic nitrogens is 1. The van der Waals surface area contributed by atoms with Gasteiger partial charge in [0.25, 0.3) is 0 Å². The van der Waals surface area contributed by atoms with Crippen molar-refractivity contribution in [3.05, 3.63) is 65.4 Å². The molecule has 0 saturated carbocycles. The van der Waals surface area contributed by atoms with E-state index >= 15 is 0 Å². The fraction of sp³-hybridized carbons (Fsp3) is 0.167. The van der Waals surface area contributed by atoms with Crippen LogP contribution in [0.2, 0.25) is 0 Å². The van der Waals surface area contributed by atoms with E-state index in [0.717, 1.165) is 22.4 Å². The Morgan fingerprint density at radius 2 is 1.38 bits per heavy atom. The Hall–Kier alpha value is -2.39. The predicted octanol–water partition coefficient (Wildman–Crippen LogP) is 4.12. The summed E-state index contributed by atoms with van der Waals surface area (Å²) in [5, 5.41) is 13.3. The number of hydrogen-bond acceptors (Lipinski definition) is 3. The van der Waals surface area contributed by atoms with Gasteiger partial charge in [-0.25, -0.2) is 0 Å². The summed E-state index contributed by atoms with van der Waals surface area (Å²) in [5.41, 5.74) is 5.99. The van der Waals surface area contributed by atoms with Gasteiger partial charge in [-0.2, -0.15) is 0 Å². The van der Waals surface area contributed by atoms with Gasteiger partial charge in [0.15, 0.2) is 5.76 Å². The summed E-state index contributed by atoms with van der Waals surface area (Å²) < 4.78 is 5.32. The Labute approximate surface area is 123 Å². The van der Waals surface area contributed by atoms with Crippen LogP contribution in [0.15, 0.2) is 53.1 Å². The van der Waals surface area contributed by atoms with Crippen LogP contribution in [-0.2, 0) is 6.61 Å². The minimum atomic E-state index is -0.0651. The van der Waals surface area contributed by atoms with Crippen LogP contribution in [0.3, 0.4) is 0 Å². The summed E-state index contributed by atoms with van der Waals surface area (Å²) in [7, 11) is 0. The van der Waals surface area contributed by atoms with Gasteiger partial charge >= 0.3 is 0 Å². The van der Waals surface area contributed by atoms with Crippen LogP contribution in [-0.4, -0.2) is 10.3 Å². The number of rotatable bonds is 3. The monoisotopic (exact) mass is 279 g/mol. The first-order valence-electron chi connectivity index (χ1n) is 6.92. The first-order chi connectivity index (χ1) is 10.2. The highest BCUT2D eigenvalue weighted by Gasteiger charge is 2.13. The Balaban J connectivity index is 1.95. The molecule has 1 heterocycles. The van der Waals surface area contributed by atoms with E-state index in [1.807, 2.05) is 19.1 Å². The summed E-state index contributed by atoms with van der Waals surface area (Å²) in [6.45, 7) is 3.85. The lowest BCUT2D eigenvalue weighted by molar-refractivity contribution is 0.281. The third kappa shape index (κ3) is 2.60. The molecule has 21 heavy (non-hydrogen) atoms. The average Bonchev–Trinajstić information content (AvgIpc) is 2.89. The summed E-state index contributed by atoms with van der Waals surface area (Å²) in [6, 6.07) is 16.5. The Morgan fingerprint density at radius 3 is 1.95 bits per heavy atom. The maximum Gasteiger partial charge on any atom is 0.172 e. The first-order valence-corrected chi connectivity index (χ1v) is 6.92. The number of aliphatic hydroxyl groups is 1. The molecule has 0 aliphatic heterocycles. The van der Waals surface area contributed by atoms with Gasteiger partial charge in [0.1, 0.15) is 0 Å². The SMILES string of the molecule is Cc1ccc(-c2ccc(-c3onc(C)c3CO)cc2)cc1. The second-order valence-corrected chi connectivity index (χ2v) is 5.18. The van der Waals surface area contributed by atoms with Gasteiger partial charge in [0.2, 0.25) is 0 Å². The molecule has 0 unspecified atom stereocenters. The van der Waals surface area contributed by atoms with Crippen molar-refractivity contribution < 1.29 is 9.63 Å². The molecule has 0 radical (unpaired) electrons. The zero-order valence-corrected chi connectivity index (χ0v) is 12.1.